The summed E-state index contributed by atoms with van der Waals surface area (Å²) >= 11 is 8.59. The number of thiol groups is 2. The van der Waals surface area contributed by atoms with E-state index in [0.717, 1.165) is 31.4 Å². The number of carbonyl (C=O) groups excluding carboxylic acids is 1. The van der Waals surface area contributed by atoms with Crippen LogP contribution in [0.15, 0.2) is 24.3 Å². The van der Waals surface area contributed by atoms with Crippen LogP contribution in [0.3, 0.4) is 0 Å². The van der Waals surface area contributed by atoms with Gasteiger partial charge in [0.25, 0.3) is 0 Å². The topological polar surface area (TPSA) is 66.4 Å². The monoisotopic (exact) mass is 351 g/mol. The van der Waals surface area contributed by atoms with Crippen molar-refractivity contribution < 1.29 is 14.7 Å². The molecule has 0 aliphatic heterocycles. The fraction of sp³-hybridized carbons (Fsp3) is 0.467. The van der Waals surface area contributed by atoms with E-state index in [2.05, 4.69) is 30.6 Å². The number of nitrogens with one attached hydrogen (secondary N) is 1. The number of carboxylic acid groups (broad SMARTS) is 1. The van der Waals surface area contributed by atoms with Crippen molar-refractivity contribution in [1.82, 2.24) is 0 Å². The Morgan fingerprint density at radius 3 is 2.50 bits per heavy atom. The summed E-state index contributed by atoms with van der Waals surface area (Å²) in [5.41, 5.74) is 0.451. The molecule has 0 fully saturated rings. The number of hydrogen-bond acceptors (Lipinski definition) is 4. The predicted octanol–water partition coefficient (Wildman–Crippen LogP) is 2.85. The van der Waals surface area contributed by atoms with E-state index in [4.69, 9.17) is 5.11 Å². The van der Waals surface area contributed by atoms with Gasteiger partial charge in [0.2, 0.25) is 5.91 Å². The van der Waals surface area contributed by atoms with Crippen LogP contribution in [0, 0.1) is 0 Å². The van der Waals surface area contributed by atoms with E-state index >= 15 is 0 Å². The number of amides is 1. The van der Waals surface area contributed by atoms with Crippen LogP contribution in [0.1, 0.15) is 42.5 Å². The van der Waals surface area contributed by atoms with Crippen molar-refractivity contribution in [2.75, 3.05) is 11.1 Å². The second-order valence-electron chi connectivity index (χ2n) is 4.81. The average molecular weight is 351 g/mol. The molecule has 1 unspecified atom stereocenters. The molecule has 1 atom stereocenters. The maximum absolute atomic E-state index is 11.8. The Morgan fingerprint density at radius 1 is 1.18 bits per heavy atom. The fourth-order valence-electron chi connectivity index (χ4n) is 1.95. The van der Waals surface area contributed by atoms with Gasteiger partial charge in [-0.15, -0.1) is 0 Å². The van der Waals surface area contributed by atoms with Gasteiger partial charge in [-0.3, -0.25) is 4.79 Å². The molecule has 1 rings (SSSR count). The van der Waals surface area contributed by atoms with Gasteiger partial charge in [-0.25, -0.2) is 4.79 Å². The molecule has 22 heavy (non-hydrogen) atoms. The minimum atomic E-state index is -1.05. The molecule has 1 aromatic carbocycles. The van der Waals surface area contributed by atoms with Crippen LogP contribution in [0.5, 0.6) is 0 Å². The second kappa shape index (κ2) is 12.3. The molecule has 1 aromatic rings. The number of carbonyl (C=O) groups is 2. The van der Waals surface area contributed by atoms with Crippen molar-refractivity contribution in [2.24, 2.45) is 0 Å². The number of para-hydroxylation sites is 1. The van der Waals surface area contributed by atoms with E-state index in [1.54, 1.807) is 18.2 Å². The van der Waals surface area contributed by atoms with Gasteiger partial charge in [0.05, 0.1) is 11.3 Å². The molecule has 2 N–H and O–H groups in total. The molecule has 0 saturated carbocycles. The number of anilines is 1. The van der Waals surface area contributed by atoms with Crippen molar-refractivity contribution in [3.8, 4) is 0 Å². The number of benzene rings is 1. The third kappa shape index (κ3) is 8.48. The third-order valence-electron chi connectivity index (χ3n) is 3.09. The van der Waals surface area contributed by atoms with Gasteiger partial charge in [0.15, 0.2) is 0 Å². The van der Waals surface area contributed by atoms with E-state index in [0.29, 0.717) is 17.4 Å². The molecule has 0 aliphatic carbocycles. The number of unbranched alkanes of at least 4 members (excludes halogenated alkanes) is 1. The van der Waals surface area contributed by atoms with Gasteiger partial charge in [-0.1, -0.05) is 18.6 Å². The van der Waals surface area contributed by atoms with Gasteiger partial charge in [0.1, 0.15) is 0 Å². The molecule has 0 radical (unpaired) electrons. The third-order valence-corrected chi connectivity index (χ3v) is 3.86. The van der Waals surface area contributed by atoms with E-state index < -0.39 is 5.97 Å². The first-order valence-electron chi connectivity index (χ1n) is 6.95. The average Bonchev–Trinajstić information content (AvgIpc) is 2.44. The van der Waals surface area contributed by atoms with Crippen molar-refractivity contribution >= 4 is 72.4 Å². The molecule has 1 amide bonds. The molecule has 118 valence electrons. The first kappa shape index (κ1) is 21.9. The van der Waals surface area contributed by atoms with E-state index in [9.17, 15) is 9.59 Å². The van der Waals surface area contributed by atoms with Crippen LogP contribution in [-0.2, 0) is 4.79 Å². The van der Waals surface area contributed by atoms with Crippen LogP contribution >= 0.6 is 25.3 Å². The summed E-state index contributed by atoms with van der Waals surface area (Å²) in [6.45, 7) is 0. The Labute approximate surface area is 164 Å². The number of aromatic carboxylic acids is 1. The molecule has 0 heterocycles. The van der Waals surface area contributed by atoms with Crippen molar-refractivity contribution in [3.05, 3.63) is 29.8 Å². The summed E-state index contributed by atoms with van der Waals surface area (Å²) in [5.74, 6) is -0.384. The standard InChI is InChI=1S/C15H21NO3S2.Na.H/c17-14(8-4-1-5-11(21)9-10-20)16-13-7-3-2-6-12(13)15(18)19;;/h2-3,6-7,11,20-21H,1,4-5,8-10H2,(H,16,17)(H,18,19);;. The second-order valence-corrected chi connectivity index (χ2v) is 5.99. The Morgan fingerprint density at radius 2 is 1.86 bits per heavy atom. The first-order valence-corrected chi connectivity index (χ1v) is 8.10. The van der Waals surface area contributed by atoms with Crippen molar-refractivity contribution in [2.45, 2.75) is 37.4 Å². The Hall–Kier alpha value is -0.140. The fourth-order valence-corrected chi connectivity index (χ4v) is 2.78. The Kier molecular flexibility index (Phi) is 12.2. The number of rotatable bonds is 9. The zero-order valence-electron chi connectivity index (χ0n) is 11.8. The number of hydrogen-bond donors (Lipinski definition) is 4. The van der Waals surface area contributed by atoms with Gasteiger partial charge < -0.3 is 10.4 Å². The molecule has 4 nitrogen and oxygen atoms in total. The summed E-state index contributed by atoms with van der Waals surface area (Å²) in [6.07, 6.45) is 4.00. The molecular formula is C15H22NNaO3S2. The maximum atomic E-state index is 11.8. The molecule has 7 heteroatoms. The summed E-state index contributed by atoms with van der Waals surface area (Å²) in [6, 6.07) is 6.40. The SMILES string of the molecule is O=C(CCCCC(S)CCS)Nc1ccccc1C(=O)O.[NaH]. The van der Waals surface area contributed by atoms with Crippen LogP contribution in [0.25, 0.3) is 0 Å². The van der Waals surface area contributed by atoms with E-state index in [1.807, 2.05) is 0 Å². The summed E-state index contributed by atoms with van der Waals surface area (Å²) in [7, 11) is 0. The number of carboxylic acids is 1. The van der Waals surface area contributed by atoms with Crippen LogP contribution in [0.4, 0.5) is 5.69 Å². The molecule has 0 saturated heterocycles. The van der Waals surface area contributed by atoms with Crippen LogP contribution in [-0.4, -0.2) is 57.5 Å². The molecular weight excluding hydrogens is 329 g/mol. The molecule has 0 bridgehead atoms. The first-order chi connectivity index (χ1) is 10.0. The van der Waals surface area contributed by atoms with Gasteiger partial charge >= 0.3 is 35.5 Å². The van der Waals surface area contributed by atoms with Crippen molar-refractivity contribution in [3.63, 3.8) is 0 Å². The van der Waals surface area contributed by atoms with Gasteiger partial charge in [0, 0.05) is 11.7 Å². The van der Waals surface area contributed by atoms with Gasteiger partial charge in [-0.05, 0) is 37.1 Å². The van der Waals surface area contributed by atoms with Crippen LogP contribution in [0.2, 0.25) is 0 Å². The zero-order chi connectivity index (χ0) is 15.7. The van der Waals surface area contributed by atoms with Crippen LogP contribution < -0.4 is 5.32 Å². The Balaban J connectivity index is 0.00000441. The van der Waals surface area contributed by atoms with Gasteiger partial charge in [-0.2, -0.15) is 25.3 Å². The minimum absolute atomic E-state index is 0. The van der Waals surface area contributed by atoms with Crippen molar-refractivity contribution in [1.29, 1.82) is 0 Å². The Bertz CT molecular complexity index is 486. The summed E-state index contributed by atoms with van der Waals surface area (Å²) in [4.78, 5) is 22.9. The normalized spacial score (nSPS) is 11.4. The molecule has 0 spiro atoms. The summed E-state index contributed by atoms with van der Waals surface area (Å²) < 4.78 is 0. The quantitative estimate of drug-likeness (QED) is 0.314. The predicted molar refractivity (Wildman–Crippen MR) is 98.9 cm³/mol. The zero-order valence-corrected chi connectivity index (χ0v) is 13.6. The van der Waals surface area contributed by atoms with E-state index in [1.165, 1.54) is 6.07 Å². The molecule has 0 aromatic heterocycles. The van der Waals surface area contributed by atoms with E-state index in [-0.39, 0.29) is 41.0 Å². The summed E-state index contributed by atoms with van der Waals surface area (Å²) in [5, 5.41) is 12.0. The molecule has 0 aliphatic rings.